The van der Waals surface area contributed by atoms with Crippen molar-refractivity contribution in [1.82, 2.24) is 9.55 Å². The van der Waals surface area contributed by atoms with Gasteiger partial charge in [0, 0.05) is 29.6 Å². The summed E-state index contributed by atoms with van der Waals surface area (Å²) >= 11 is 9.85. The van der Waals surface area contributed by atoms with E-state index in [1.54, 1.807) is 13.2 Å². The van der Waals surface area contributed by atoms with Crippen molar-refractivity contribution in [2.24, 2.45) is 0 Å². The molecule has 3 rings (SSSR count). The quantitative estimate of drug-likeness (QED) is 0.581. The van der Waals surface area contributed by atoms with Gasteiger partial charge in [0.05, 0.1) is 12.1 Å². The zero-order chi connectivity index (χ0) is 17.3. The van der Waals surface area contributed by atoms with Crippen LogP contribution in [0.25, 0.3) is 11.0 Å². The first-order valence-corrected chi connectivity index (χ1v) is 8.75. The molecule has 0 spiro atoms. The highest BCUT2D eigenvalue weighted by atomic mass is 79.9. The maximum absolute atomic E-state index is 14.1. The van der Waals surface area contributed by atoms with Crippen LogP contribution in [0.3, 0.4) is 0 Å². The Labute approximate surface area is 153 Å². The Morgan fingerprint density at radius 1 is 1.33 bits per heavy atom. The molecular weight excluding hydrogens is 395 g/mol. The average molecular weight is 412 g/mol. The first kappa shape index (κ1) is 17.4. The van der Waals surface area contributed by atoms with E-state index in [0.717, 1.165) is 26.9 Å². The number of nitrogens with zero attached hydrogens (tertiary/aromatic N) is 2. The summed E-state index contributed by atoms with van der Waals surface area (Å²) in [7, 11) is 1.65. The Morgan fingerprint density at radius 3 is 2.88 bits per heavy atom. The van der Waals surface area contributed by atoms with Gasteiger partial charge in [0.1, 0.15) is 11.3 Å². The lowest BCUT2D eigenvalue weighted by Crippen LogP contribution is -2.09. The van der Waals surface area contributed by atoms with Gasteiger partial charge in [-0.05, 0) is 36.2 Å². The molecule has 3 aromatic rings. The van der Waals surface area contributed by atoms with E-state index < -0.39 is 0 Å². The Balaban J connectivity index is 2.08. The minimum atomic E-state index is -0.317. The third-order valence-corrected chi connectivity index (χ3v) is 5.21. The van der Waals surface area contributed by atoms with Crippen LogP contribution in [0.15, 0.2) is 34.8 Å². The molecule has 0 atom stereocenters. The summed E-state index contributed by atoms with van der Waals surface area (Å²) in [6, 6.07) is 8.91. The van der Waals surface area contributed by atoms with Crippen molar-refractivity contribution in [2.45, 2.75) is 19.9 Å². The van der Waals surface area contributed by atoms with Crippen LogP contribution >= 0.6 is 27.5 Å². The Bertz CT molecular complexity index is 894. The first-order chi connectivity index (χ1) is 11.5. The second-order valence-corrected chi connectivity index (χ2v) is 6.91. The predicted molar refractivity (Wildman–Crippen MR) is 98.3 cm³/mol. The van der Waals surface area contributed by atoms with Crippen molar-refractivity contribution in [2.75, 3.05) is 13.7 Å². The second-order valence-electron chi connectivity index (χ2n) is 5.65. The molecule has 1 heterocycles. The van der Waals surface area contributed by atoms with Crippen LogP contribution in [-0.4, -0.2) is 23.3 Å². The normalized spacial score (nSPS) is 11.4. The molecule has 1 aromatic heterocycles. The van der Waals surface area contributed by atoms with Gasteiger partial charge in [0.25, 0.3) is 0 Å². The number of ether oxygens (including phenoxy) is 1. The van der Waals surface area contributed by atoms with Crippen molar-refractivity contribution in [3.63, 3.8) is 0 Å². The zero-order valence-electron chi connectivity index (χ0n) is 13.4. The van der Waals surface area contributed by atoms with Gasteiger partial charge in [-0.3, -0.25) is 0 Å². The molecule has 126 valence electrons. The van der Waals surface area contributed by atoms with Crippen LogP contribution in [0, 0.1) is 12.7 Å². The summed E-state index contributed by atoms with van der Waals surface area (Å²) in [4.78, 5) is 4.52. The van der Waals surface area contributed by atoms with Crippen molar-refractivity contribution in [1.29, 1.82) is 0 Å². The van der Waals surface area contributed by atoms with Gasteiger partial charge in [-0.15, -0.1) is 0 Å². The predicted octanol–water partition coefficient (Wildman–Crippen LogP) is 5.14. The Kier molecular flexibility index (Phi) is 5.23. The first-order valence-electron chi connectivity index (χ1n) is 7.58. The summed E-state index contributed by atoms with van der Waals surface area (Å²) in [6.45, 7) is 3.15. The SMILES string of the molecule is COCCn1c(Cc2cc(C)c(Br)cc2Cl)nc2c(F)cccc21. The van der Waals surface area contributed by atoms with E-state index in [1.165, 1.54) is 6.07 Å². The molecule has 0 unspecified atom stereocenters. The molecule has 24 heavy (non-hydrogen) atoms. The number of aromatic nitrogens is 2. The largest absolute Gasteiger partial charge is 0.383 e. The number of benzene rings is 2. The molecule has 0 aliphatic rings. The lowest BCUT2D eigenvalue weighted by atomic mass is 10.1. The molecular formula is C18H17BrClFN2O. The van der Waals surface area contributed by atoms with Crippen LogP contribution in [0.5, 0.6) is 0 Å². The highest BCUT2D eigenvalue weighted by Gasteiger charge is 2.15. The van der Waals surface area contributed by atoms with E-state index in [0.29, 0.717) is 30.1 Å². The lowest BCUT2D eigenvalue weighted by molar-refractivity contribution is 0.187. The molecule has 0 saturated heterocycles. The topological polar surface area (TPSA) is 27.1 Å². The maximum atomic E-state index is 14.1. The van der Waals surface area contributed by atoms with Crippen molar-refractivity contribution in [3.8, 4) is 0 Å². The standard InChI is InChI=1S/C18H17BrClFN2O/c1-11-8-12(14(20)10-13(11)19)9-17-22-18-15(21)4-3-5-16(18)23(17)6-7-24-2/h3-5,8,10H,6-7,9H2,1-2H3. The number of methoxy groups -OCH3 is 1. The molecule has 6 heteroatoms. The number of hydrogen-bond donors (Lipinski definition) is 0. The fraction of sp³-hybridized carbons (Fsp3) is 0.278. The number of aryl methyl sites for hydroxylation is 1. The number of para-hydroxylation sites is 1. The smallest absolute Gasteiger partial charge is 0.151 e. The highest BCUT2D eigenvalue weighted by molar-refractivity contribution is 9.10. The van der Waals surface area contributed by atoms with Crippen LogP contribution < -0.4 is 0 Å². The summed E-state index contributed by atoms with van der Waals surface area (Å²) in [6.07, 6.45) is 0.533. The van der Waals surface area contributed by atoms with Crippen LogP contribution in [0.4, 0.5) is 4.39 Å². The van der Waals surface area contributed by atoms with E-state index in [9.17, 15) is 4.39 Å². The van der Waals surface area contributed by atoms with E-state index in [-0.39, 0.29) is 5.82 Å². The zero-order valence-corrected chi connectivity index (χ0v) is 15.8. The number of rotatable bonds is 5. The number of halogens is 3. The van der Waals surface area contributed by atoms with Crippen LogP contribution in [0.2, 0.25) is 5.02 Å². The van der Waals surface area contributed by atoms with Gasteiger partial charge < -0.3 is 9.30 Å². The highest BCUT2D eigenvalue weighted by Crippen LogP contribution is 2.28. The number of hydrogen-bond acceptors (Lipinski definition) is 2. The van der Waals surface area contributed by atoms with E-state index >= 15 is 0 Å². The fourth-order valence-corrected chi connectivity index (χ4v) is 3.46. The van der Waals surface area contributed by atoms with E-state index in [2.05, 4.69) is 20.9 Å². The molecule has 0 saturated carbocycles. The summed E-state index contributed by atoms with van der Waals surface area (Å²) in [5, 5.41) is 0.665. The lowest BCUT2D eigenvalue weighted by Gasteiger charge is -2.11. The van der Waals surface area contributed by atoms with Gasteiger partial charge in [-0.25, -0.2) is 9.37 Å². The average Bonchev–Trinajstić information content (AvgIpc) is 2.89. The third kappa shape index (κ3) is 3.34. The van der Waals surface area contributed by atoms with Crippen LogP contribution in [-0.2, 0) is 17.7 Å². The van der Waals surface area contributed by atoms with Gasteiger partial charge in [-0.2, -0.15) is 0 Å². The maximum Gasteiger partial charge on any atom is 0.151 e. The number of imidazole rings is 1. The Morgan fingerprint density at radius 2 is 2.12 bits per heavy atom. The van der Waals surface area contributed by atoms with E-state index in [4.69, 9.17) is 16.3 Å². The number of fused-ring (bicyclic) bond motifs is 1. The molecule has 0 aliphatic heterocycles. The molecule has 0 aliphatic carbocycles. The monoisotopic (exact) mass is 410 g/mol. The molecule has 0 fully saturated rings. The van der Waals surface area contributed by atoms with Gasteiger partial charge >= 0.3 is 0 Å². The van der Waals surface area contributed by atoms with Gasteiger partial charge in [0.2, 0.25) is 0 Å². The van der Waals surface area contributed by atoms with Crippen molar-refractivity contribution < 1.29 is 9.13 Å². The van der Waals surface area contributed by atoms with Gasteiger partial charge in [-0.1, -0.05) is 39.7 Å². The molecule has 0 bridgehead atoms. The molecule has 3 nitrogen and oxygen atoms in total. The molecule has 0 radical (unpaired) electrons. The van der Waals surface area contributed by atoms with Crippen molar-refractivity contribution in [3.05, 3.63) is 62.6 Å². The minimum Gasteiger partial charge on any atom is -0.383 e. The molecule has 2 aromatic carbocycles. The third-order valence-electron chi connectivity index (χ3n) is 4.00. The van der Waals surface area contributed by atoms with Crippen LogP contribution in [0.1, 0.15) is 17.0 Å². The summed E-state index contributed by atoms with van der Waals surface area (Å²) in [5.41, 5.74) is 3.22. The van der Waals surface area contributed by atoms with Crippen molar-refractivity contribution >= 4 is 38.6 Å². The fourth-order valence-electron chi connectivity index (χ4n) is 2.75. The summed E-state index contributed by atoms with van der Waals surface area (Å²) in [5.74, 6) is 0.457. The molecule has 0 N–H and O–H groups in total. The Hall–Kier alpha value is -1.43. The van der Waals surface area contributed by atoms with E-state index in [1.807, 2.05) is 29.7 Å². The minimum absolute atomic E-state index is 0.317. The van der Waals surface area contributed by atoms with Gasteiger partial charge in [0.15, 0.2) is 5.82 Å². The second kappa shape index (κ2) is 7.21. The molecule has 0 amide bonds. The summed E-state index contributed by atoms with van der Waals surface area (Å²) < 4.78 is 22.2.